The Morgan fingerprint density at radius 3 is 2.26 bits per heavy atom. The Labute approximate surface area is 176 Å². The van der Waals surface area contributed by atoms with Gasteiger partial charge in [-0.25, -0.2) is 8.42 Å². The van der Waals surface area contributed by atoms with Crippen molar-refractivity contribution in [3.8, 4) is 0 Å². The van der Waals surface area contributed by atoms with E-state index in [-0.39, 0.29) is 43.0 Å². The topological polar surface area (TPSA) is 101 Å². The standard InChI is InChI=1S/C19H18F3N3O5S/c1-13-16(6-3-7-17(13)25(27)28)18(26)23-8-10-24(11-9-23)31(29,30)15-5-2-4-14(12-15)19(20,21)22/h2-7,12H,8-11H2,1H3. The lowest BCUT2D eigenvalue weighted by Crippen LogP contribution is -2.50. The Hall–Kier alpha value is -2.99. The van der Waals surface area contributed by atoms with E-state index in [0.717, 1.165) is 22.5 Å². The minimum absolute atomic E-state index is 0.000837. The minimum Gasteiger partial charge on any atom is -0.336 e. The van der Waals surface area contributed by atoms with Gasteiger partial charge in [-0.1, -0.05) is 12.1 Å². The molecule has 0 aliphatic carbocycles. The zero-order valence-corrected chi connectivity index (χ0v) is 17.1. The van der Waals surface area contributed by atoms with E-state index in [1.54, 1.807) is 0 Å². The van der Waals surface area contributed by atoms with Crippen molar-refractivity contribution in [3.63, 3.8) is 0 Å². The minimum atomic E-state index is -4.67. The average Bonchev–Trinajstić information content (AvgIpc) is 2.73. The number of carbonyl (C=O) groups is 1. The lowest BCUT2D eigenvalue weighted by Gasteiger charge is -2.34. The molecular formula is C19H18F3N3O5S. The van der Waals surface area contributed by atoms with Crippen LogP contribution in [0.1, 0.15) is 21.5 Å². The molecular weight excluding hydrogens is 439 g/mol. The molecule has 8 nitrogen and oxygen atoms in total. The molecule has 0 unspecified atom stereocenters. The molecule has 0 aromatic heterocycles. The van der Waals surface area contributed by atoms with Crippen LogP contribution in [-0.4, -0.2) is 54.6 Å². The van der Waals surface area contributed by atoms with E-state index in [4.69, 9.17) is 0 Å². The highest BCUT2D eigenvalue weighted by Crippen LogP contribution is 2.31. The summed E-state index contributed by atoms with van der Waals surface area (Å²) < 4.78 is 65.3. The Kier molecular flexibility index (Phi) is 6.05. The van der Waals surface area contributed by atoms with Crippen LogP contribution in [0.15, 0.2) is 47.4 Å². The van der Waals surface area contributed by atoms with Gasteiger partial charge in [-0.05, 0) is 31.2 Å². The fourth-order valence-corrected chi connectivity index (χ4v) is 4.81. The zero-order chi connectivity index (χ0) is 23.0. The van der Waals surface area contributed by atoms with Gasteiger partial charge in [0.25, 0.3) is 11.6 Å². The molecule has 0 bridgehead atoms. The molecule has 1 saturated heterocycles. The SMILES string of the molecule is Cc1c(C(=O)N2CCN(S(=O)(=O)c3cccc(C(F)(F)F)c3)CC2)cccc1[N+](=O)[O-]. The van der Waals surface area contributed by atoms with Crippen LogP contribution >= 0.6 is 0 Å². The van der Waals surface area contributed by atoms with Crippen molar-refractivity contribution in [2.75, 3.05) is 26.2 Å². The molecule has 0 saturated carbocycles. The van der Waals surface area contributed by atoms with Crippen LogP contribution in [0.25, 0.3) is 0 Å². The molecule has 1 fully saturated rings. The maximum atomic E-state index is 12.9. The van der Waals surface area contributed by atoms with Crippen LogP contribution in [-0.2, 0) is 16.2 Å². The number of halogens is 3. The highest BCUT2D eigenvalue weighted by atomic mass is 32.2. The van der Waals surface area contributed by atoms with Crippen molar-refractivity contribution in [2.45, 2.75) is 18.0 Å². The Morgan fingerprint density at radius 2 is 1.68 bits per heavy atom. The van der Waals surface area contributed by atoms with Gasteiger partial charge >= 0.3 is 6.18 Å². The molecule has 0 radical (unpaired) electrons. The number of nitro groups is 1. The zero-order valence-electron chi connectivity index (χ0n) is 16.3. The van der Waals surface area contributed by atoms with Crippen LogP contribution in [0.4, 0.5) is 18.9 Å². The summed E-state index contributed by atoms with van der Waals surface area (Å²) >= 11 is 0. The van der Waals surface area contributed by atoms with Crippen LogP contribution < -0.4 is 0 Å². The molecule has 2 aromatic rings. The maximum absolute atomic E-state index is 12.9. The van der Waals surface area contributed by atoms with Gasteiger partial charge in [0.05, 0.1) is 15.4 Å². The fourth-order valence-electron chi connectivity index (χ4n) is 3.34. The summed E-state index contributed by atoms with van der Waals surface area (Å²) in [7, 11) is -4.18. The Balaban J connectivity index is 1.76. The van der Waals surface area contributed by atoms with Crippen molar-refractivity contribution in [2.24, 2.45) is 0 Å². The summed E-state index contributed by atoms with van der Waals surface area (Å²) in [4.78, 5) is 24.2. The van der Waals surface area contributed by atoms with Crippen molar-refractivity contribution >= 4 is 21.6 Å². The summed E-state index contributed by atoms with van der Waals surface area (Å²) in [5, 5.41) is 11.1. The van der Waals surface area contributed by atoms with Crippen LogP contribution in [0, 0.1) is 17.0 Å². The van der Waals surface area contributed by atoms with Gasteiger partial charge in [-0.3, -0.25) is 14.9 Å². The van der Waals surface area contributed by atoms with Crippen molar-refractivity contribution in [3.05, 3.63) is 69.3 Å². The van der Waals surface area contributed by atoms with Crippen LogP contribution in [0.2, 0.25) is 0 Å². The first-order valence-electron chi connectivity index (χ1n) is 9.13. The number of sulfonamides is 1. The monoisotopic (exact) mass is 457 g/mol. The lowest BCUT2D eigenvalue weighted by atomic mass is 10.1. The second-order valence-corrected chi connectivity index (χ2v) is 8.87. The molecule has 1 aliphatic heterocycles. The number of hydrogen-bond donors (Lipinski definition) is 0. The summed E-state index contributed by atoms with van der Waals surface area (Å²) in [6.07, 6.45) is -4.67. The third kappa shape index (κ3) is 4.54. The highest BCUT2D eigenvalue weighted by molar-refractivity contribution is 7.89. The molecule has 12 heteroatoms. The van der Waals surface area contributed by atoms with E-state index >= 15 is 0 Å². The maximum Gasteiger partial charge on any atom is 0.416 e. The van der Waals surface area contributed by atoms with Crippen molar-refractivity contribution < 1.29 is 31.3 Å². The molecule has 1 aliphatic rings. The van der Waals surface area contributed by atoms with Crippen LogP contribution in [0.3, 0.4) is 0 Å². The number of nitro benzene ring substituents is 1. The quantitative estimate of drug-likeness (QED) is 0.519. The lowest BCUT2D eigenvalue weighted by molar-refractivity contribution is -0.385. The number of alkyl halides is 3. The van der Waals surface area contributed by atoms with E-state index in [2.05, 4.69) is 0 Å². The smallest absolute Gasteiger partial charge is 0.336 e. The van der Waals surface area contributed by atoms with Crippen molar-refractivity contribution in [1.82, 2.24) is 9.21 Å². The van der Waals surface area contributed by atoms with Gasteiger partial charge < -0.3 is 4.90 Å². The number of carbonyl (C=O) groups excluding carboxylic acids is 1. The van der Waals surface area contributed by atoms with Crippen LogP contribution in [0.5, 0.6) is 0 Å². The van der Waals surface area contributed by atoms with Gasteiger partial charge in [0.1, 0.15) is 0 Å². The molecule has 2 aromatic carbocycles. The van der Waals surface area contributed by atoms with E-state index in [1.807, 2.05) is 0 Å². The summed E-state index contributed by atoms with van der Waals surface area (Å²) in [5.41, 5.74) is -0.917. The van der Waals surface area contributed by atoms with Gasteiger partial charge in [0.2, 0.25) is 10.0 Å². The van der Waals surface area contributed by atoms with Gasteiger partial charge in [-0.15, -0.1) is 0 Å². The molecule has 3 rings (SSSR count). The Bertz CT molecular complexity index is 1130. The first-order chi connectivity index (χ1) is 14.4. The molecule has 1 amide bonds. The third-order valence-electron chi connectivity index (χ3n) is 5.06. The first kappa shape index (κ1) is 22.7. The fraction of sp³-hybridized carbons (Fsp3) is 0.316. The predicted octanol–water partition coefficient (Wildman–Crippen LogP) is 3.07. The molecule has 166 valence electrons. The number of nitrogens with zero attached hydrogens (tertiary/aromatic N) is 3. The van der Waals surface area contributed by atoms with E-state index in [1.165, 1.54) is 30.0 Å². The summed E-state index contributed by atoms with van der Waals surface area (Å²) in [5.74, 6) is -0.475. The number of amides is 1. The molecule has 0 atom stereocenters. The highest BCUT2D eigenvalue weighted by Gasteiger charge is 2.35. The van der Waals surface area contributed by atoms with Gasteiger partial charge in [-0.2, -0.15) is 17.5 Å². The average molecular weight is 457 g/mol. The third-order valence-corrected chi connectivity index (χ3v) is 6.95. The molecule has 31 heavy (non-hydrogen) atoms. The number of hydrogen-bond acceptors (Lipinski definition) is 5. The van der Waals surface area contributed by atoms with Crippen molar-refractivity contribution in [1.29, 1.82) is 0 Å². The van der Waals surface area contributed by atoms with E-state index < -0.39 is 37.5 Å². The first-order valence-corrected chi connectivity index (χ1v) is 10.6. The number of rotatable bonds is 4. The molecule has 1 heterocycles. The second kappa shape index (κ2) is 8.27. The van der Waals surface area contributed by atoms with E-state index in [9.17, 15) is 36.5 Å². The van der Waals surface area contributed by atoms with Gasteiger partial charge in [0, 0.05) is 43.4 Å². The second-order valence-electron chi connectivity index (χ2n) is 6.93. The Morgan fingerprint density at radius 1 is 1.06 bits per heavy atom. The molecule has 0 N–H and O–H groups in total. The summed E-state index contributed by atoms with van der Waals surface area (Å²) in [6, 6.07) is 7.63. The summed E-state index contributed by atoms with van der Waals surface area (Å²) in [6.45, 7) is 1.23. The van der Waals surface area contributed by atoms with Gasteiger partial charge in [0.15, 0.2) is 0 Å². The largest absolute Gasteiger partial charge is 0.416 e. The number of benzene rings is 2. The normalized spacial score (nSPS) is 15.7. The predicted molar refractivity (Wildman–Crippen MR) is 104 cm³/mol. The molecule has 0 spiro atoms. The number of piperazine rings is 1. The van der Waals surface area contributed by atoms with E-state index in [0.29, 0.717) is 6.07 Å².